The molecule has 2 N–H and O–H groups in total. The van der Waals surface area contributed by atoms with Crippen molar-refractivity contribution in [2.75, 3.05) is 13.6 Å². The number of nitrogens with two attached hydrogens (primary N) is 1. The van der Waals surface area contributed by atoms with E-state index in [1.807, 2.05) is 19.4 Å². The van der Waals surface area contributed by atoms with Gasteiger partial charge in [0.2, 0.25) is 0 Å². The zero-order chi connectivity index (χ0) is 11.3. The monoisotopic (exact) mass is 210 g/mol. The predicted octanol–water partition coefficient (Wildman–Crippen LogP) is 0.979. The third kappa shape index (κ3) is 3.32. The fraction of sp³-hybridized carbons (Fsp3) is 0.727. The normalized spacial score (nSPS) is 13.4. The molecule has 15 heavy (non-hydrogen) atoms. The van der Waals surface area contributed by atoms with Crippen molar-refractivity contribution < 1.29 is 0 Å². The van der Waals surface area contributed by atoms with Gasteiger partial charge in [-0.1, -0.05) is 6.92 Å². The number of rotatable bonds is 6. The van der Waals surface area contributed by atoms with E-state index in [4.69, 9.17) is 5.73 Å². The minimum absolute atomic E-state index is 0.562. The third-order valence-corrected chi connectivity index (χ3v) is 2.91. The smallest absolute Gasteiger partial charge is 0.122 e. The fourth-order valence-corrected chi connectivity index (χ4v) is 1.83. The topological polar surface area (TPSA) is 47.1 Å². The standard InChI is InChI=1S/C11H22N4/c1-4-10(5-6-12)15(3)9-11-13-7-8-14(11)2/h7-8,10H,4-6,9,12H2,1-3H3. The molecule has 0 saturated carbocycles. The molecular weight excluding hydrogens is 188 g/mol. The maximum atomic E-state index is 5.60. The molecule has 4 nitrogen and oxygen atoms in total. The van der Waals surface area contributed by atoms with Crippen LogP contribution in [0.25, 0.3) is 0 Å². The molecular formula is C11H22N4. The molecule has 0 fully saturated rings. The Balaban J connectivity index is 2.53. The molecule has 1 aromatic heterocycles. The summed E-state index contributed by atoms with van der Waals surface area (Å²) in [6.45, 7) is 3.85. The first-order valence-electron chi connectivity index (χ1n) is 5.55. The Morgan fingerprint density at radius 1 is 1.60 bits per heavy atom. The summed E-state index contributed by atoms with van der Waals surface area (Å²) in [7, 11) is 4.17. The summed E-state index contributed by atoms with van der Waals surface area (Å²) in [5, 5.41) is 0. The van der Waals surface area contributed by atoms with Crippen LogP contribution in [0.15, 0.2) is 12.4 Å². The summed E-state index contributed by atoms with van der Waals surface area (Å²) >= 11 is 0. The van der Waals surface area contributed by atoms with Gasteiger partial charge in [-0.15, -0.1) is 0 Å². The molecule has 1 unspecified atom stereocenters. The van der Waals surface area contributed by atoms with Crippen LogP contribution in [0.3, 0.4) is 0 Å². The molecule has 0 amide bonds. The van der Waals surface area contributed by atoms with Gasteiger partial charge in [-0.25, -0.2) is 4.98 Å². The lowest BCUT2D eigenvalue weighted by molar-refractivity contribution is 0.211. The summed E-state index contributed by atoms with van der Waals surface area (Å²) in [5.74, 6) is 1.10. The number of nitrogens with zero attached hydrogens (tertiary/aromatic N) is 3. The molecule has 1 rings (SSSR count). The molecule has 0 radical (unpaired) electrons. The van der Waals surface area contributed by atoms with E-state index in [-0.39, 0.29) is 0 Å². The van der Waals surface area contributed by atoms with Crippen LogP contribution in [0.5, 0.6) is 0 Å². The van der Waals surface area contributed by atoms with E-state index in [0.717, 1.165) is 31.8 Å². The van der Waals surface area contributed by atoms with E-state index < -0.39 is 0 Å². The molecule has 0 aromatic carbocycles. The van der Waals surface area contributed by atoms with Gasteiger partial charge in [-0.2, -0.15) is 0 Å². The molecule has 1 aromatic rings. The van der Waals surface area contributed by atoms with E-state index in [9.17, 15) is 0 Å². The van der Waals surface area contributed by atoms with Crippen LogP contribution in [0.1, 0.15) is 25.6 Å². The minimum Gasteiger partial charge on any atom is -0.337 e. The molecule has 0 aliphatic carbocycles. The zero-order valence-corrected chi connectivity index (χ0v) is 9.98. The Labute approximate surface area is 92.1 Å². The van der Waals surface area contributed by atoms with Crippen molar-refractivity contribution in [3.05, 3.63) is 18.2 Å². The van der Waals surface area contributed by atoms with Gasteiger partial charge in [-0.3, -0.25) is 4.90 Å². The third-order valence-electron chi connectivity index (χ3n) is 2.91. The van der Waals surface area contributed by atoms with Crippen molar-refractivity contribution in [3.8, 4) is 0 Å². The van der Waals surface area contributed by atoms with Gasteiger partial charge in [0.05, 0.1) is 6.54 Å². The Morgan fingerprint density at radius 3 is 2.80 bits per heavy atom. The Kier molecular flexibility index (Phi) is 4.78. The van der Waals surface area contributed by atoms with Crippen molar-refractivity contribution >= 4 is 0 Å². The number of aryl methyl sites for hydroxylation is 1. The van der Waals surface area contributed by atoms with Crippen LogP contribution in [-0.2, 0) is 13.6 Å². The zero-order valence-electron chi connectivity index (χ0n) is 9.98. The molecule has 1 heterocycles. The van der Waals surface area contributed by atoms with E-state index in [2.05, 4.69) is 28.4 Å². The second-order valence-corrected chi connectivity index (χ2v) is 4.01. The molecule has 0 bridgehead atoms. The minimum atomic E-state index is 0.562. The highest BCUT2D eigenvalue weighted by Gasteiger charge is 2.13. The lowest BCUT2D eigenvalue weighted by atomic mass is 10.1. The van der Waals surface area contributed by atoms with Crippen LogP contribution in [0, 0.1) is 0 Å². The average molecular weight is 210 g/mol. The number of aromatic nitrogens is 2. The van der Waals surface area contributed by atoms with Gasteiger partial charge in [0.1, 0.15) is 5.82 Å². The number of hydrogen-bond acceptors (Lipinski definition) is 3. The first kappa shape index (κ1) is 12.2. The summed E-state index contributed by atoms with van der Waals surface area (Å²) in [6.07, 6.45) is 6.01. The van der Waals surface area contributed by atoms with E-state index >= 15 is 0 Å². The largest absolute Gasteiger partial charge is 0.337 e. The van der Waals surface area contributed by atoms with Crippen LogP contribution in [-0.4, -0.2) is 34.1 Å². The highest BCUT2D eigenvalue weighted by Crippen LogP contribution is 2.09. The van der Waals surface area contributed by atoms with Gasteiger partial charge in [-0.05, 0) is 26.4 Å². The first-order valence-corrected chi connectivity index (χ1v) is 5.55. The van der Waals surface area contributed by atoms with Gasteiger partial charge >= 0.3 is 0 Å². The second-order valence-electron chi connectivity index (χ2n) is 4.01. The quantitative estimate of drug-likeness (QED) is 0.761. The SMILES string of the molecule is CCC(CCN)N(C)Cc1nccn1C. The molecule has 0 spiro atoms. The van der Waals surface area contributed by atoms with Crippen molar-refractivity contribution in [1.82, 2.24) is 14.5 Å². The highest BCUT2D eigenvalue weighted by molar-refractivity contribution is 4.91. The molecule has 0 aliphatic rings. The predicted molar refractivity (Wildman–Crippen MR) is 62.4 cm³/mol. The van der Waals surface area contributed by atoms with E-state index in [1.54, 1.807) is 0 Å². The first-order chi connectivity index (χ1) is 7.19. The lowest BCUT2D eigenvalue weighted by Gasteiger charge is -2.26. The van der Waals surface area contributed by atoms with Gasteiger partial charge in [0.25, 0.3) is 0 Å². The summed E-state index contributed by atoms with van der Waals surface area (Å²) in [6, 6.07) is 0.562. The molecule has 86 valence electrons. The molecule has 1 atom stereocenters. The van der Waals surface area contributed by atoms with Crippen molar-refractivity contribution in [1.29, 1.82) is 0 Å². The highest BCUT2D eigenvalue weighted by atomic mass is 15.2. The fourth-order valence-electron chi connectivity index (χ4n) is 1.83. The average Bonchev–Trinajstić information content (AvgIpc) is 2.60. The number of imidazole rings is 1. The Morgan fingerprint density at radius 2 is 2.33 bits per heavy atom. The summed E-state index contributed by atoms with van der Waals surface area (Å²) in [4.78, 5) is 6.65. The van der Waals surface area contributed by atoms with Crippen molar-refractivity contribution in [3.63, 3.8) is 0 Å². The molecule has 4 heteroatoms. The Bertz CT molecular complexity index is 282. The lowest BCUT2D eigenvalue weighted by Crippen LogP contribution is -2.33. The van der Waals surface area contributed by atoms with Crippen LogP contribution >= 0.6 is 0 Å². The van der Waals surface area contributed by atoms with Crippen LogP contribution in [0.4, 0.5) is 0 Å². The van der Waals surface area contributed by atoms with E-state index in [0.29, 0.717) is 6.04 Å². The second kappa shape index (κ2) is 5.88. The van der Waals surface area contributed by atoms with Gasteiger partial charge in [0.15, 0.2) is 0 Å². The van der Waals surface area contributed by atoms with Crippen molar-refractivity contribution in [2.24, 2.45) is 12.8 Å². The number of hydrogen-bond donors (Lipinski definition) is 1. The summed E-state index contributed by atoms with van der Waals surface area (Å²) < 4.78 is 2.06. The van der Waals surface area contributed by atoms with Crippen LogP contribution < -0.4 is 5.73 Å². The Hall–Kier alpha value is -0.870. The summed E-state index contributed by atoms with van der Waals surface area (Å²) in [5.41, 5.74) is 5.60. The molecule has 0 saturated heterocycles. The van der Waals surface area contributed by atoms with Gasteiger partial charge in [0, 0.05) is 25.5 Å². The van der Waals surface area contributed by atoms with Crippen LogP contribution in [0.2, 0.25) is 0 Å². The van der Waals surface area contributed by atoms with Gasteiger partial charge < -0.3 is 10.3 Å². The maximum Gasteiger partial charge on any atom is 0.122 e. The van der Waals surface area contributed by atoms with E-state index in [1.165, 1.54) is 0 Å². The maximum absolute atomic E-state index is 5.60. The van der Waals surface area contributed by atoms with Crippen molar-refractivity contribution in [2.45, 2.75) is 32.4 Å². The molecule has 0 aliphatic heterocycles.